The lowest BCUT2D eigenvalue weighted by atomic mass is 10.1. The minimum atomic E-state index is 0.797. The van der Waals surface area contributed by atoms with Gasteiger partial charge in [-0.1, -0.05) is 19.1 Å². The Kier molecular flexibility index (Phi) is 5.67. The highest BCUT2D eigenvalue weighted by Crippen LogP contribution is 2.15. The molecule has 1 aromatic carbocycles. The zero-order valence-corrected chi connectivity index (χ0v) is 12.2. The van der Waals surface area contributed by atoms with Crippen LogP contribution >= 0.6 is 0 Å². The van der Waals surface area contributed by atoms with Crippen molar-refractivity contribution in [2.75, 3.05) is 33.3 Å². The number of rotatable bonds is 7. The summed E-state index contributed by atoms with van der Waals surface area (Å²) in [6.07, 6.45) is 2.38. The van der Waals surface area contributed by atoms with Crippen LogP contribution in [0.3, 0.4) is 0 Å². The van der Waals surface area contributed by atoms with Gasteiger partial charge in [-0.25, -0.2) is 0 Å². The van der Waals surface area contributed by atoms with E-state index in [0.29, 0.717) is 0 Å². The van der Waals surface area contributed by atoms with E-state index in [1.807, 2.05) is 6.07 Å². The third kappa shape index (κ3) is 4.84. The van der Waals surface area contributed by atoms with Crippen LogP contribution < -0.4 is 10.1 Å². The Morgan fingerprint density at radius 2 is 2.32 bits per heavy atom. The smallest absolute Gasteiger partial charge is 0.119 e. The average molecular weight is 262 g/mol. The molecule has 0 saturated carbocycles. The van der Waals surface area contributed by atoms with Gasteiger partial charge in [-0.15, -0.1) is 0 Å². The predicted molar refractivity (Wildman–Crippen MR) is 79.5 cm³/mol. The first-order valence-electron chi connectivity index (χ1n) is 7.39. The summed E-state index contributed by atoms with van der Waals surface area (Å²) < 4.78 is 5.66. The Bertz CT molecular complexity index is 381. The molecule has 19 heavy (non-hydrogen) atoms. The molecule has 1 aliphatic rings. The molecular formula is C16H26N2O. The van der Waals surface area contributed by atoms with Crippen LogP contribution in [0.5, 0.6) is 5.75 Å². The van der Waals surface area contributed by atoms with Gasteiger partial charge in [0.05, 0.1) is 6.61 Å². The van der Waals surface area contributed by atoms with Crippen LogP contribution in [0.1, 0.15) is 25.3 Å². The van der Waals surface area contributed by atoms with Crippen LogP contribution in [0.4, 0.5) is 0 Å². The van der Waals surface area contributed by atoms with Gasteiger partial charge in [0.1, 0.15) is 5.75 Å². The van der Waals surface area contributed by atoms with Crippen LogP contribution in [0.25, 0.3) is 0 Å². The monoisotopic (exact) mass is 262 g/mol. The largest absolute Gasteiger partial charge is 0.494 e. The molecule has 1 N–H and O–H groups in total. The minimum Gasteiger partial charge on any atom is -0.494 e. The summed E-state index contributed by atoms with van der Waals surface area (Å²) in [6.45, 7) is 7.45. The summed E-state index contributed by atoms with van der Waals surface area (Å²) in [5, 5.41) is 3.57. The standard InChI is InChI=1S/C16H26N2O/c1-3-9-19-16-6-4-5-14(10-16)11-17-12-15-7-8-18(2)13-15/h4-6,10,15,17H,3,7-9,11-13H2,1-2H3. The van der Waals surface area contributed by atoms with Crippen molar-refractivity contribution in [2.45, 2.75) is 26.3 Å². The number of ether oxygens (including phenoxy) is 1. The first-order chi connectivity index (χ1) is 9.28. The fourth-order valence-electron chi connectivity index (χ4n) is 2.58. The third-order valence-electron chi connectivity index (χ3n) is 3.62. The molecule has 1 heterocycles. The van der Waals surface area contributed by atoms with Crippen molar-refractivity contribution in [3.05, 3.63) is 29.8 Å². The number of nitrogens with zero attached hydrogens (tertiary/aromatic N) is 1. The molecule has 1 saturated heterocycles. The highest BCUT2D eigenvalue weighted by Gasteiger charge is 2.18. The third-order valence-corrected chi connectivity index (χ3v) is 3.62. The SMILES string of the molecule is CCCOc1cccc(CNCC2CCN(C)C2)c1. The predicted octanol–water partition coefficient (Wildman–Crippen LogP) is 2.52. The van der Waals surface area contributed by atoms with Gasteiger partial charge >= 0.3 is 0 Å². The second-order valence-corrected chi connectivity index (χ2v) is 5.54. The molecule has 1 aliphatic heterocycles. The second kappa shape index (κ2) is 7.51. The Hall–Kier alpha value is -1.06. The van der Waals surface area contributed by atoms with Crippen molar-refractivity contribution < 1.29 is 4.74 Å². The molecule has 0 bridgehead atoms. The summed E-state index contributed by atoms with van der Waals surface area (Å²) in [7, 11) is 2.20. The minimum absolute atomic E-state index is 0.797. The van der Waals surface area contributed by atoms with Crippen LogP contribution in [-0.4, -0.2) is 38.2 Å². The molecule has 1 fully saturated rings. The van der Waals surface area contributed by atoms with Gasteiger partial charge in [-0.05, 0) is 56.6 Å². The van der Waals surface area contributed by atoms with Crippen molar-refractivity contribution in [1.29, 1.82) is 0 Å². The lowest BCUT2D eigenvalue weighted by molar-refractivity contribution is 0.317. The van der Waals surface area contributed by atoms with E-state index < -0.39 is 0 Å². The van der Waals surface area contributed by atoms with Crippen LogP contribution in [0, 0.1) is 5.92 Å². The number of likely N-dealkylation sites (tertiary alicyclic amines) is 1. The van der Waals surface area contributed by atoms with E-state index in [-0.39, 0.29) is 0 Å². The van der Waals surface area contributed by atoms with Gasteiger partial charge in [0.2, 0.25) is 0 Å². The highest BCUT2D eigenvalue weighted by molar-refractivity contribution is 5.28. The van der Waals surface area contributed by atoms with Crippen LogP contribution in [-0.2, 0) is 6.54 Å². The van der Waals surface area contributed by atoms with Gasteiger partial charge in [-0.2, -0.15) is 0 Å². The van der Waals surface area contributed by atoms with Crippen molar-refractivity contribution in [3.63, 3.8) is 0 Å². The molecular weight excluding hydrogens is 236 g/mol. The van der Waals surface area contributed by atoms with Crippen molar-refractivity contribution in [1.82, 2.24) is 10.2 Å². The fourth-order valence-corrected chi connectivity index (χ4v) is 2.58. The molecule has 1 aromatic rings. The number of hydrogen-bond acceptors (Lipinski definition) is 3. The van der Waals surface area contributed by atoms with E-state index >= 15 is 0 Å². The highest BCUT2D eigenvalue weighted by atomic mass is 16.5. The van der Waals surface area contributed by atoms with E-state index in [0.717, 1.165) is 37.8 Å². The lowest BCUT2D eigenvalue weighted by Crippen LogP contribution is -2.24. The molecule has 0 aromatic heterocycles. The first-order valence-corrected chi connectivity index (χ1v) is 7.39. The number of benzene rings is 1. The normalized spacial score (nSPS) is 19.8. The van der Waals surface area contributed by atoms with Gasteiger partial charge in [0, 0.05) is 13.1 Å². The number of hydrogen-bond donors (Lipinski definition) is 1. The Morgan fingerprint density at radius 3 is 3.05 bits per heavy atom. The van der Waals surface area contributed by atoms with E-state index in [2.05, 4.69) is 42.4 Å². The maximum absolute atomic E-state index is 5.66. The maximum atomic E-state index is 5.66. The molecule has 0 aliphatic carbocycles. The lowest BCUT2D eigenvalue weighted by Gasteiger charge is -2.12. The van der Waals surface area contributed by atoms with Crippen molar-refractivity contribution >= 4 is 0 Å². The van der Waals surface area contributed by atoms with Gasteiger partial charge < -0.3 is 15.0 Å². The van der Waals surface area contributed by atoms with Crippen LogP contribution in [0.15, 0.2) is 24.3 Å². The molecule has 1 unspecified atom stereocenters. The van der Waals surface area contributed by atoms with E-state index in [1.165, 1.54) is 25.1 Å². The Morgan fingerprint density at radius 1 is 1.42 bits per heavy atom. The van der Waals surface area contributed by atoms with E-state index in [9.17, 15) is 0 Å². The maximum Gasteiger partial charge on any atom is 0.119 e. The zero-order chi connectivity index (χ0) is 13.5. The van der Waals surface area contributed by atoms with Crippen molar-refractivity contribution in [3.8, 4) is 5.75 Å². The zero-order valence-electron chi connectivity index (χ0n) is 12.2. The molecule has 0 amide bonds. The molecule has 1 atom stereocenters. The Balaban J connectivity index is 1.73. The molecule has 3 nitrogen and oxygen atoms in total. The molecule has 0 radical (unpaired) electrons. The first kappa shape index (κ1) is 14.4. The van der Waals surface area contributed by atoms with E-state index in [1.54, 1.807) is 0 Å². The number of nitrogens with one attached hydrogen (secondary N) is 1. The van der Waals surface area contributed by atoms with Crippen LogP contribution in [0.2, 0.25) is 0 Å². The van der Waals surface area contributed by atoms with Gasteiger partial charge in [0.15, 0.2) is 0 Å². The summed E-state index contributed by atoms with van der Waals surface area (Å²) >= 11 is 0. The molecule has 0 spiro atoms. The quantitative estimate of drug-likeness (QED) is 0.817. The van der Waals surface area contributed by atoms with Gasteiger partial charge in [0.25, 0.3) is 0 Å². The van der Waals surface area contributed by atoms with Gasteiger partial charge in [-0.3, -0.25) is 0 Å². The summed E-state index contributed by atoms with van der Waals surface area (Å²) in [5.74, 6) is 1.80. The molecule has 106 valence electrons. The Labute approximate surface area is 116 Å². The fraction of sp³-hybridized carbons (Fsp3) is 0.625. The molecule has 2 rings (SSSR count). The van der Waals surface area contributed by atoms with Crippen molar-refractivity contribution in [2.24, 2.45) is 5.92 Å². The summed E-state index contributed by atoms with van der Waals surface area (Å²) in [6, 6.07) is 8.41. The average Bonchev–Trinajstić information content (AvgIpc) is 2.83. The topological polar surface area (TPSA) is 24.5 Å². The molecule has 3 heteroatoms. The summed E-state index contributed by atoms with van der Waals surface area (Å²) in [5.41, 5.74) is 1.31. The summed E-state index contributed by atoms with van der Waals surface area (Å²) in [4.78, 5) is 2.41. The van der Waals surface area contributed by atoms with E-state index in [4.69, 9.17) is 4.74 Å². The second-order valence-electron chi connectivity index (χ2n) is 5.54.